The molecule has 1 fully saturated rings. The first-order valence-electron chi connectivity index (χ1n) is 7.14. The highest BCUT2D eigenvalue weighted by Crippen LogP contribution is 2.46. The number of carbonyl (C=O) groups is 1. The van der Waals surface area contributed by atoms with Crippen LogP contribution in [0.15, 0.2) is 24.3 Å². The number of para-hydroxylation sites is 1. The first-order valence-corrected chi connectivity index (χ1v) is 7.91. The van der Waals surface area contributed by atoms with E-state index < -0.39 is 0 Å². The molecule has 2 aromatic heterocycles. The second kappa shape index (κ2) is 4.61. The van der Waals surface area contributed by atoms with E-state index in [1.54, 1.807) is 4.68 Å². The molecular formula is C15H15N5OS. The Bertz CT molecular complexity index is 877. The van der Waals surface area contributed by atoms with Crippen LogP contribution in [-0.4, -0.2) is 25.0 Å². The van der Waals surface area contributed by atoms with Gasteiger partial charge in [-0.2, -0.15) is 9.47 Å². The SMILES string of the molecule is Cn1nc(C(=O)Nc2nc(C3(C)CC3)ns2)c2ccccc21. The van der Waals surface area contributed by atoms with Crippen LogP contribution in [0.3, 0.4) is 0 Å². The van der Waals surface area contributed by atoms with Crippen LogP contribution in [-0.2, 0) is 12.5 Å². The van der Waals surface area contributed by atoms with Crippen molar-refractivity contribution in [2.24, 2.45) is 7.05 Å². The summed E-state index contributed by atoms with van der Waals surface area (Å²) in [6.45, 7) is 2.15. The highest BCUT2D eigenvalue weighted by molar-refractivity contribution is 7.09. The summed E-state index contributed by atoms with van der Waals surface area (Å²) in [5, 5.41) is 8.49. The van der Waals surface area contributed by atoms with E-state index in [0.29, 0.717) is 10.8 Å². The fourth-order valence-electron chi connectivity index (χ4n) is 2.47. The maximum atomic E-state index is 12.5. The Kier molecular flexibility index (Phi) is 2.80. The zero-order chi connectivity index (χ0) is 15.3. The lowest BCUT2D eigenvalue weighted by Gasteiger charge is -2.00. The number of nitrogens with zero attached hydrogens (tertiary/aromatic N) is 4. The molecule has 1 aromatic carbocycles. The second-order valence-electron chi connectivity index (χ2n) is 5.93. The van der Waals surface area contributed by atoms with Gasteiger partial charge in [0.1, 0.15) is 0 Å². The molecule has 1 N–H and O–H groups in total. The molecule has 0 aliphatic heterocycles. The number of nitrogens with one attached hydrogen (secondary N) is 1. The Morgan fingerprint density at radius 3 is 2.91 bits per heavy atom. The molecule has 1 amide bonds. The summed E-state index contributed by atoms with van der Waals surface area (Å²) >= 11 is 1.22. The smallest absolute Gasteiger partial charge is 0.278 e. The van der Waals surface area contributed by atoms with Crippen LogP contribution in [0.2, 0.25) is 0 Å². The first-order chi connectivity index (χ1) is 10.6. The number of aryl methyl sites for hydroxylation is 1. The molecule has 7 heteroatoms. The topological polar surface area (TPSA) is 72.7 Å². The zero-order valence-corrected chi connectivity index (χ0v) is 13.1. The van der Waals surface area contributed by atoms with Crippen LogP contribution >= 0.6 is 11.5 Å². The van der Waals surface area contributed by atoms with E-state index in [2.05, 4.69) is 26.7 Å². The van der Waals surface area contributed by atoms with Gasteiger partial charge in [-0.05, 0) is 18.9 Å². The first kappa shape index (κ1) is 13.4. The molecule has 2 heterocycles. The fourth-order valence-corrected chi connectivity index (χ4v) is 3.17. The molecule has 0 atom stereocenters. The second-order valence-corrected chi connectivity index (χ2v) is 6.68. The minimum absolute atomic E-state index is 0.108. The monoisotopic (exact) mass is 313 g/mol. The Morgan fingerprint density at radius 1 is 1.36 bits per heavy atom. The third-order valence-corrected chi connectivity index (χ3v) is 4.79. The molecule has 3 aromatic rings. The molecule has 6 nitrogen and oxygen atoms in total. The van der Waals surface area contributed by atoms with Gasteiger partial charge in [-0.15, -0.1) is 0 Å². The largest absolute Gasteiger partial charge is 0.295 e. The number of hydrogen-bond donors (Lipinski definition) is 1. The summed E-state index contributed by atoms with van der Waals surface area (Å²) in [6, 6.07) is 7.67. The maximum Gasteiger partial charge on any atom is 0.278 e. The normalized spacial score (nSPS) is 15.9. The highest BCUT2D eigenvalue weighted by Gasteiger charge is 2.42. The summed E-state index contributed by atoms with van der Waals surface area (Å²) in [4.78, 5) is 16.9. The van der Waals surface area contributed by atoms with E-state index in [9.17, 15) is 4.79 Å². The maximum absolute atomic E-state index is 12.5. The third kappa shape index (κ3) is 2.09. The van der Waals surface area contributed by atoms with Gasteiger partial charge in [0.2, 0.25) is 5.13 Å². The van der Waals surface area contributed by atoms with E-state index in [4.69, 9.17) is 0 Å². The van der Waals surface area contributed by atoms with E-state index in [0.717, 1.165) is 29.6 Å². The number of anilines is 1. The van der Waals surface area contributed by atoms with Gasteiger partial charge in [0, 0.05) is 29.4 Å². The Labute approximate surface area is 131 Å². The van der Waals surface area contributed by atoms with Gasteiger partial charge in [0.05, 0.1) is 5.52 Å². The molecule has 1 aliphatic carbocycles. The van der Waals surface area contributed by atoms with Crippen LogP contribution in [0.5, 0.6) is 0 Å². The van der Waals surface area contributed by atoms with Gasteiger partial charge < -0.3 is 0 Å². The van der Waals surface area contributed by atoms with Gasteiger partial charge in [-0.1, -0.05) is 25.1 Å². The molecule has 0 bridgehead atoms. The molecular weight excluding hydrogens is 298 g/mol. The van der Waals surface area contributed by atoms with E-state index in [-0.39, 0.29) is 11.3 Å². The van der Waals surface area contributed by atoms with Gasteiger partial charge >= 0.3 is 0 Å². The number of amides is 1. The molecule has 0 spiro atoms. The summed E-state index contributed by atoms with van der Waals surface area (Å²) in [7, 11) is 1.83. The lowest BCUT2D eigenvalue weighted by Crippen LogP contribution is -2.13. The fraction of sp³-hybridized carbons (Fsp3) is 0.333. The van der Waals surface area contributed by atoms with Gasteiger partial charge in [-0.25, -0.2) is 4.98 Å². The molecule has 0 unspecified atom stereocenters. The van der Waals surface area contributed by atoms with Crippen molar-refractivity contribution in [2.75, 3.05) is 5.32 Å². The van der Waals surface area contributed by atoms with Crippen molar-refractivity contribution in [1.82, 2.24) is 19.1 Å². The van der Waals surface area contributed by atoms with Crippen molar-refractivity contribution >= 4 is 33.5 Å². The minimum Gasteiger partial charge on any atom is -0.295 e. The van der Waals surface area contributed by atoms with Crippen LogP contribution in [0, 0.1) is 0 Å². The summed E-state index contributed by atoms with van der Waals surface area (Å²) < 4.78 is 6.06. The predicted octanol–water partition coefficient (Wildman–Crippen LogP) is 2.73. The van der Waals surface area contributed by atoms with Crippen molar-refractivity contribution in [3.05, 3.63) is 35.8 Å². The van der Waals surface area contributed by atoms with Gasteiger partial charge in [-0.3, -0.25) is 14.8 Å². The van der Waals surface area contributed by atoms with Crippen molar-refractivity contribution in [3.63, 3.8) is 0 Å². The predicted molar refractivity (Wildman–Crippen MR) is 85.2 cm³/mol. The van der Waals surface area contributed by atoms with E-state index in [1.807, 2.05) is 31.3 Å². The average Bonchev–Trinajstić information content (AvgIpc) is 2.96. The molecule has 22 heavy (non-hydrogen) atoms. The lowest BCUT2D eigenvalue weighted by molar-refractivity contribution is 0.102. The number of hydrogen-bond acceptors (Lipinski definition) is 5. The third-order valence-electron chi connectivity index (χ3n) is 4.16. The Morgan fingerprint density at radius 2 is 2.14 bits per heavy atom. The number of fused-ring (bicyclic) bond motifs is 1. The number of benzene rings is 1. The number of rotatable bonds is 3. The minimum atomic E-state index is -0.250. The zero-order valence-electron chi connectivity index (χ0n) is 12.3. The average molecular weight is 313 g/mol. The molecule has 4 rings (SSSR count). The Balaban J connectivity index is 1.62. The van der Waals surface area contributed by atoms with Crippen LogP contribution in [0.1, 0.15) is 36.1 Å². The quantitative estimate of drug-likeness (QED) is 0.807. The van der Waals surface area contributed by atoms with Crippen molar-refractivity contribution in [2.45, 2.75) is 25.2 Å². The molecule has 1 saturated carbocycles. The number of aromatic nitrogens is 4. The highest BCUT2D eigenvalue weighted by atomic mass is 32.1. The van der Waals surface area contributed by atoms with Crippen LogP contribution in [0.4, 0.5) is 5.13 Å². The van der Waals surface area contributed by atoms with Gasteiger partial charge in [0.15, 0.2) is 11.5 Å². The van der Waals surface area contributed by atoms with Crippen molar-refractivity contribution in [3.8, 4) is 0 Å². The standard InChI is InChI=1S/C15H15N5OS/c1-15(7-8-15)13-17-14(22-19-13)16-12(21)11-9-5-3-4-6-10(9)20(2)18-11/h3-6H,7-8H2,1-2H3,(H,16,17,19,21). The summed E-state index contributed by atoms with van der Waals surface area (Å²) in [5.41, 5.74) is 1.44. The van der Waals surface area contributed by atoms with Gasteiger partial charge in [0.25, 0.3) is 5.91 Å². The van der Waals surface area contributed by atoms with Crippen molar-refractivity contribution in [1.29, 1.82) is 0 Å². The van der Waals surface area contributed by atoms with E-state index in [1.165, 1.54) is 11.5 Å². The van der Waals surface area contributed by atoms with Crippen LogP contribution < -0.4 is 5.32 Å². The summed E-state index contributed by atoms with van der Waals surface area (Å²) in [5.74, 6) is 0.583. The molecule has 1 aliphatic rings. The molecule has 112 valence electrons. The summed E-state index contributed by atoms with van der Waals surface area (Å²) in [6.07, 6.45) is 2.23. The lowest BCUT2D eigenvalue weighted by atomic mass is 10.1. The Hall–Kier alpha value is -2.28. The molecule has 0 saturated heterocycles. The molecule has 0 radical (unpaired) electrons. The van der Waals surface area contributed by atoms with Crippen molar-refractivity contribution < 1.29 is 4.79 Å². The van der Waals surface area contributed by atoms with Crippen LogP contribution in [0.25, 0.3) is 10.9 Å². The number of carbonyl (C=O) groups excluding carboxylic acids is 1. The van der Waals surface area contributed by atoms with E-state index >= 15 is 0 Å².